The second-order valence-electron chi connectivity index (χ2n) is 8.08. The summed E-state index contributed by atoms with van der Waals surface area (Å²) < 4.78 is 26.3. The summed E-state index contributed by atoms with van der Waals surface area (Å²) in [5, 5.41) is 5.62. The lowest BCUT2D eigenvalue weighted by Gasteiger charge is -2.21. The summed E-state index contributed by atoms with van der Waals surface area (Å²) >= 11 is 0. The fourth-order valence-corrected chi connectivity index (χ4v) is 4.29. The topological polar surface area (TPSA) is 95.6 Å². The minimum absolute atomic E-state index is 0.0386. The zero-order valence-corrected chi connectivity index (χ0v) is 19.5. The molecule has 2 N–H and O–H groups in total. The lowest BCUT2D eigenvalue weighted by Crippen LogP contribution is -2.47. The Balaban J connectivity index is 2.18. The Morgan fingerprint density at radius 1 is 1.00 bits per heavy atom. The van der Waals surface area contributed by atoms with Gasteiger partial charge in [-0.2, -0.15) is 0 Å². The van der Waals surface area contributed by atoms with E-state index in [4.69, 9.17) is 0 Å². The van der Waals surface area contributed by atoms with Crippen molar-refractivity contribution in [3.63, 3.8) is 0 Å². The Morgan fingerprint density at radius 3 is 2.23 bits per heavy atom. The maximum absolute atomic E-state index is 12.9. The zero-order chi connectivity index (χ0) is 23.2. The van der Waals surface area contributed by atoms with Crippen LogP contribution in [0.1, 0.15) is 41.8 Å². The second kappa shape index (κ2) is 10.5. The van der Waals surface area contributed by atoms with E-state index in [1.165, 1.54) is 20.2 Å². The first kappa shape index (κ1) is 24.6. The molecule has 0 aliphatic heterocycles. The van der Waals surface area contributed by atoms with E-state index in [2.05, 4.69) is 10.6 Å². The van der Waals surface area contributed by atoms with Crippen LogP contribution in [-0.2, 0) is 21.4 Å². The molecule has 2 amide bonds. The Kier molecular flexibility index (Phi) is 8.36. The van der Waals surface area contributed by atoms with Gasteiger partial charge in [0.25, 0.3) is 5.91 Å². The maximum atomic E-state index is 12.9. The number of benzene rings is 2. The average molecular weight is 446 g/mol. The number of aryl methyl sites for hydroxylation is 1. The number of hydrogen-bond donors (Lipinski definition) is 2. The molecule has 0 aliphatic carbocycles. The first-order chi connectivity index (χ1) is 14.5. The van der Waals surface area contributed by atoms with Crippen LogP contribution in [0.4, 0.5) is 0 Å². The molecule has 0 bridgehead atoms. The van der Waals surface area contributed by atoms with E-state index in [0.29, 0.717) is 17.5 Å². The van der Waals surface area contributed by atoms with Crippen LogP contribution in [0.2, 0.25) is 0 Å². The van der Waals surface area contributed by atoms with Gasteiger partial charge in [0.05, 0.1) is 4.90 Å². The number of amides is 2. The van der Waals surface area contributed by atoms with Crippen LogP contribution in [0.25, 0.3) is 0 Å². The Bertz CT molecular complexity index is 1030. The monoisotopic (exact) mass is 445 g/mol. The molecule has 7 nitrogen and oxygen atoms in total. The molecule has 1 atom stereocenters. The first-order valence-corrected chi connectivity index (χ1v) is 11.6. The van der Waals surface area contributed by atoms with Gasteiger partial charge < -0.3 is 10.6 Å². The number of hydrogen-bond acceptors (Lipinski definition) is 4. The molecule has 31 heavy (non-hydrogen) atoms. The van der Waals surface area contributed by atoms with Crippen LogP contribution in [0.3, 0.4) is 0 Å². The summed E-state index contributed by atoms with van der Waals surface area (Å²) in [5.74, 6) is -0.489. The van der Waals surface area contributed by atoms with Crippen molar-refractivity contribution >= 4 is 21.8 Å². The van der Waals surface area contributed by atoms with Crippen molar-refractivity contribution < 1.29 is 18.0 Å². The highest BCUT2D eigenvalue weighted by molar-refractivity contribution is 7.89. The van der Waals surface area contributed by atoms with Gasteiger partial charge in [0, 0.05) is 26.2 Å². The predicted octanol–water partition coefficient (Wildman–Crippen LogP) is 2.71. The van der Waals surface area contributed by atoms with Crippen LogP contribution < -0.4 is 10.6 Å². The highest BCUT2D eigenvalue weighted by atomic mass is 32.2. The third kappa shape index (κ3) is 6.38. The molecule has 8 heteroatoms. The van der Waals surface area contributed by atoms with Gasteiger partial charge in [-0.05, 0) is 42.5 Å². The summed E-state index contributed by atoms with van der Waals surface area (Å²) in [5.41, 5.74) is 1.83. The molecule has 168 valence electrons. The number of carbonyl (C=O) groups excluding carboxylic acids is 2. The molecule has 0 aliphatic rings. The highest BCUT2D eigenvalue weighted by Gasteiger charge is 2.25. The van der Waals surface area contributed by atoms with Crippen LogP contribution in [0, 0.1) is 12.8 Å². The van der Waals surface area contributed by atoms with E-state index in [9.17, 15) is 18.0 Å². The Morgan fingerprint density at radius 2 is 1.61 bits per heavy atom. The third-order valence-corrected chi connectivity index (χ3v) is 6.82. The van der Waals surface area contributed by atoms with Crippen LogP contribution in [0.15, 0.2) is 53.4 Å². The van der Waals surface area contributed by atoms with E-state index in [-0.39, 0.29) is 29.2 Å². The van der Waals surface area contributed by atoms with Crippen molar-refractivity contribution in [3.05, 3.63) is 65.2 Å². The van der Waals surface area contributed by atoms with E-state index >= 15 is 0 Å². The summed E-state index contributed by atoms with van der Waals surface area (Å²) in [6, 6.07) is 13.0. The molecule has 0 saturated heterocycles. The molecule has 1 unspecified atom stereocenters. The van der Waals surface area contributed by atoms with E-state index in [1.54, 1.807) is 30.3 Å². The van der Waals surface area contributed by atoms with E-state index < -0.39 is 16.1 Å². The SMILES string of the molecule is Cc1ccccc1C(=O)NC(CC(C)C)C(=O)NCc1ccccc1S(=O)(=O)N(C)C. The van der Waals surface area contributed by atoms with Gasteiger partial charge in [-0.3, -0.25) is 9.59 Å². The summed E-state index contributed by atoms with van der Waals surface area (Å²) in [6.07, 6.45) is 0.459. The van der Waals surface area contributed by atoms with Crippen molar-refractivity contribution in [1.29, 1.82) is 0 Å². The van der Waals surface area contributed by atoms with E-state index in [0.717, 1.165) is 9.87 Å². The van der Waals surface area contributed by atoms with Crippen molar-refractivity contribution in [2.75, 3.05) is 14.1 Å². The van der Waals surface area contributed by atoms with Crippen LogP contribution in [-0.4, -0.2) is 44.7 Å². The van der Waals surface area contributed by atoms with Gasteiger partial charge in [0.2, 0.25) is 15.9 Å². The van der Waals surface area contributed by atoms with Gasteiger partial charge in [-0.15, -0.1) is 0 Å². The first-order valence-electron chi connectivity index (χ1n) is 10.2. The van der Waals surface area contributed by atoms with Gasteiger partial charge >= 0.3 is 0 Å². The largest absolute Gasteiger partial charge is 0.350 e. The molecule has 2 aromatic carbocycles. The standard InChI is InChI=1S/C23H31N3O4S/c1-16(2)14-20(25-22(27)19-12-8-6-10-17(19)3)23(28)24-15-18-11-7-9-13-21(18)31(29,30)26(4)5/h6-13,16,20H,14-15H2,1-5H3,(H,24,28)(H,25,27). The third-order valence-electron chi connectivity index (χ3n) is 4.90. The zero-order valence-electron chi connectivity index (χ0n) is 18.7. The fourth-order valence-electron chi connectivity index (χ4n) is 3.17. The van der Waals surface area contributed by atoms with Gasteiger partial charge in [0.15, 0.2) is 0 Å². The molecule has 0 saturated carbocycles. The molecule has 0 spiro atoms. The lowest BCUT2D eigenvalue weighted by atomic mass is 10.0. The molecule has 2 aromatic rings. The maximum Gasteiger partial charge on any atom is 0.252 e. The van der Waals surface area contributed by atoms with Crippen molar-refractivity contribution in [2.45, 2.75) is 44.7 Å². The molecule has 0 heterocycles. The highest BCUT2D eigenvalue weighted by Crippen LogP contribution is 2.18. The number of nitrogens with zero attached hydrogens (tertiary/aromatic N) is 1. The molecule has 2 rings (SSSR count). The quantitative estimate of drug-likeness (QED) is 0.620. The number of carbonyl (C=O) groups is 2. The molecular formula is C23H31N3O4S. The minimum Gasteiger partial charge on any atom is -0.350 e. The Labute approximate surface area is 184 Å². The average Bonchev–Trinajstić information content (AvgIpc) is 2.71. The summed E-state index contributed by atoms with van der Waals surface area (Å²) in [4.78, 5) is 25.8. The Hall–Kier alpha value is -2.71. The van der Waals surface area contributed by atoms with Gasteiger partial charge in [-0.1, -0.05) is 50.2 Å². The minimum atomic E-state index is -3.64. The second-order valence-corrected chi connectivity index (χ2v) is 10.2. The fraction of sp³-hybridized carbons (Fsp3) is 0.391. The van der Waals surface area contributed by atoms with Gasteiger partial charge in [0.1, 0.15) is 6.04 Å². The smallest absolute Gasteiger partial charge is 0.252 e. The van der Waals surface area contributed by atoms with Crippen LogP contribution in [0.5, 0.6) is 0 Å². The normalized spacial score (nSPS) is 12.6. The predicted molar refractivity (Wildman–Crippen MR) is 121 cm³/mol. The van der Waals surface area contributed by atoms with Crippen molar-refractivity contribution in [1.82, 2.24) is 14.9 Å². The summed E-state index contributed by atoms with van der Waals surface area (Å²) in [7, 11) is -0.717. The van der Waals surface area contributed by atoms with Crippen LogP contribution >= 0.6 is 0 Å². The number of nitrogens with one attached hydrogen (secondary N) is 2. The van der Waals surface area contributed by atoms with Gasteiger partial charge in [-0.25, -0.2) is 12.7 Å². The lowest BCUT2D eigenvalue weighted by molar-refractivity contribution is -0.123. The number of sulfonamides is 1. The number of rotatable bonds is 9. The molecule has 0 radical (unpaired) electrons. The molecule has 0 aromatic heterocycles. The van der Waals surface area contributed by atoms with E-state index in [1.807, 2.05) is 32.9 Å². The van der Waals surface area contributed by atoms with Crippen molar-refractivity contribution in [2.24, 2.45) is 5.92 Å². The summed E-state index contributed by atoms with van der Waals surface area (Å²) in [6.45, 7) is 5.82. The molecule has 0 fully saturated rings. The van der Waals surface area contributed by atoms with Crippen molar-refractivity contribution in [3.8, 4) is 0 Å². The molecular weight excluding hydrogens is 414 g/mol.